The summed E-state index contributed by atoms with van der Waals surface area (Å²) < 4.78 is 39.5. The zero-order chi connectivity index (χ0) is 18.4. The molecule has 0 saturated carbocycles. The average Bonchev–Trinajstić information content (AvgIpc) is 2.57. The van der Waals surface area contributed by atoms with Gasteiger partial charge in [-0.3, -0.25) is 4.79 Å². The number of alkyl halides is 3. The molecule has 2 rings (SSSR count). The van der Waals surface area contributed by atoms with Gasteiger partial charge in [-0.05, 0) is 24.1 Å². The van der Waals surface area contributed by atoms with E-state index in [1.54, 1.807) is 35.6 Å². The van der Waals surface area contributed by atoms with E-state index in [-0.39, 0.29) is 17.3 Å². The monoisotopic (exact) mass is 367 g/mol. The minimum atomic E-state index is -4.64. The normalized spacial score (nSPS) is 12.3. The van der Waals surface area contributed by atoms with E-state index in [2.05, 4.69) is 11.2 Å². The van der Waals surface area contributed by atoms with Crippen molar-refractivity contribution in [1.29, 1.82) is 0 Å². The van der Waals surface area contributed by atoms with E-state index in [1.807, 2.05) is 0 Å². The fraction of sp³-hybridized carbons (Fsp3) is 0.167. The van der Waals surface area contributed by atoms with Crippen molar-refractivity contribution in [2.24, 2.45) is 0 Å². The Morgan fingerprint density at radius 3 is 2.52 bits per heavy atom. The average molecular weight is 368 g/mol. The predicted octanol–water partition coefficient (Wildman–Crippen LogP) is 3.24. The first-order chi connectivity index (χ1) is 11.8. The van der Waals surface area contributed by atoms with Crippen LogP contribution in [0.4, 0.5) is 18.9 Å². The summed E-state index contributed by atoms with van der Waals surface area (Å²) in [6, 6.07) is 11.1. The molecule has 1 atom stereocenters. The second kappa shape index (κ2) is 8.06. The molecule has 0 radical (unpaired) electrons. The van der Waals surface area contributed by atoms with E-state index in [0.29, 0.717) is 5.56 Å². The van der Waals surface area contributed by atoms with Crippen LogP contribution in [0.2, 0.25) is 5.02 Å². The fourth-order valence-electron chi connectivity index (χ4n) is 2.31. The number of anilines is 1. The molecule has 2 aromatic rings. The van der Waals surface area contributed by atoms with E-state index in [1.165, 1.54) is 6.07 Å². The van der Waals surface area contributed by atoms with Crippen molar-refractivity contribution in [1.82, 2.24) is 0 Å². The number of hydrogen-bond donors (Lipinski definition) is 2. The van der Waals surface area contributed by atoms with Crippen molar-refractivity contribution in [2.75, 3.05) is 11.9 Å². The number of rotatable bonds is 5. The Kier molecular flexibility index (Phi) is 6.07. The molecule has 0 heterocycles. The van der Waals surface area contributed by atoms with Gasteiger partial charge < -0.3 is 10.6 Å². The van der Waals surface area contributed by atoms with Gasteiger partial charge in [0, 0.05) is 10.6 Å². The molecule has 0 spiro atoms. The highest BCUT2D eigenvalue weighted by Gasteiger charge is 2.35. The van der Waals surface area contributed by atoms with Gasteiger partial charge in [-0.25, -0.2) is 0 Å². The fourth-order valence-corrected chi connectivity index (χ4v) is 2.48. The predicted molar refractivity (Wildman–Crippen MR) is 89.9 cm³/mol. The number of benzene rings is 2. The lowest BCUT2D eigenvalue weighted by molar-refractivity contribution is -0.672. The number of nitrogens with one attached hydrogen (secondary N) is 1. The van der Waals surface area contributed by atoms with Gasteiger partial charge in [0.2, 0.25) is 0 Å². The smallest absolute Gasteiger partial charge is 0.322 e. The summed E-state index contributed by atoms with van der Waals surface area (Å²) in [6.07, 6.45) is 0.588. The molecule has 0 unspecified atom stereocenters. The van der Waals surface area contributed by atoms with Crippen LogP contribution in [0.25, 0.3) is 0 Å². The molecule has 130 valence electrons. The van der Waals surface area contributed by atoms with Gasteiger partial charge in [-0.15, -0.1) is 6.42 Å². The van der Waals surface area contributed by atoms with Crippen molar-refractivity contribution >= 4 is 23.2 Å². The van der Waals surface area contributed by atoms with Crippen LogP contribution >= 0.6 is 11.6 Å². The SMILES string of the molecule is C#CC[NH2+][C@@H](C(=O)Nc1ccc(Cl)cc1C(F)(F)F)c1ccccc1. The van der Waals surface area contributed by atoms with E-state index in [4.69, 9.17) is 18.0 Å². The van der Waals surface area contributed by atoms with E-state index in [9.17, 15) is 18.0 Å². The van der Waals surface area contributed by atoms with Crippen molar-refractivity contribution in [2.45, 2.75) is 12.2 Å². The number of nitrogens with two attached hydrogens (primary N) is 1. The summed E-state index contributed by atoms with van der Waals surface area (Å²) in [7, 11) is 0. The number of carbonyl (C=O) groups is 1. The minimum Gasteiger partial charge on any atom is -0.322 e. The van der Waals surface area contributed by atoms with Gasteiger partial charge in [0.1, 0.15) is 6.54 Å². The zero-order valence-corrected chi connectivity index (χ0v) is 13.7. The number of hydrogen-bond acceptors (Lipinski definition) is 1. The molecule has 0 bridgehead atoms. The number of terminal acetylenes is 1. The Hall–Kier alpha value is -2.49. The van der Waals surface area contributed by atoms with Crippen molar-refractivity contribution in [3.63, 3.8) is 0 Å². The maximum atomic E-state index is 13.2. The van der Waals surface area contributed by atoms with Gasteiger partial charge >= 0.3 is 6.18 Å². The topological polar surface area (TPSA) is 45.7 Å². The van der Waals surface area contributed by atoms with Gasteiger partial charge in [0.15, 0.2) is 6.04 Å². The molecule has 0 aromatic heterocycles. The lowest BCUT2D eigenvalue weighted by Crippen LogP contribution is -2.87. The molecule has 0 saturated heterocycles. The number of quaternary nitrogens is 1. The molecule has 1 amide bonds. The Bertz CT molecular complexity index is 785. The first kappa shape index (κ1) is 18.8. The molecule has 25 heavy (non-hydrogen) atoms. The molecular formula is C18H15ClF3N2O+. The summed E-state index contributed by atoms with van der Waals surface area (Å²) in [5, 5.41) is 3.85. The number of halogens is 4. The van der Waals surface area contributed by atoms with E-state index < -0.39 is 23.7 Å². The standard InChI is InChI=1S/C18H14ClF3N2O/c1-2-10-23-16(12-6-4-3-5-7-12)17(25)24-15-9-8-13(19)11-14(15)18(20,21)22/h1,3-9,11,16,23H,10H2,(H,24,25)/p+1/t16-/m1/s1. The van der Waals surface area contributed by atoms with Crippen LogP contribution in [0.15, 0.2) is 48.5 Å². The molecule has 3 N–H and O–H groups in total. The largest absolute Gasteiger partial charge is 0.418 e. The van der Waals surface area contributed by atoms with Crippen molar-refractivity contribution in [3.05, 3.63) is 64.7 Å². The molecule has 0 aliphatic rings. The van der Waals surface area contributed by atoms with Crippen LogP contribution in [0.1, 0.15) is 17.2 Å². The molecule has 0 fully saturated rings. The number of carbonyl (C=O) groups excluding carboxylic acids is 1. The lowest BCUT2D eigenvalue weighted by atomic mass is 10.1. The molecule has 0 aliphatic heterocycles. The highest BCUT2D eigenvalue weighted by molar-refractivity contribution is 6.30. The Morgan fingerprint density at radius 2 is 1.92 bits per heavy atom. The van der Waals surface area contributed by atoms with Crippen molar-refractivity contribution < 1.29 is 23.3 Å². The summed E-state index contributed by atoms with van der Waals surface area (Å²) in [6.45, 7) is 0.208. The summed E-state index contributed by atoms with van der Waals surface area (Å²) in [5.41, 5.74) is -0.716. The first-order valence-corrected chi connectivity index (χ1v) is 7.70. The Morgan fingerprint density at radius 1 is 1.24 bits per heavy atom. The first-order valence-electron chi connectivity index (χ1n) is 7.32. The molecular weight excluding hydrogens is 353 g/mol. The third-order valence-electron chi connectivity index (χ3n) is 3.46. The Balaban J connectivity index is 2.32. The molecule has 2 aromatic carbocycles. The van der Waals surface area contributed by atoms with Crippen LogP contribution in [0.5, 0.6) is 0 Å². The second-order valence-electron chi connectivity index (χ2n) is 5.21. The lowest BCUT2D eigenvalue weighted by Gasteiger charge is -2.18. The van der Waals surface area contributed by atoms with Gasteiger partial charge in [0.25, 0.3) is 5.91 Å². The maximum absolute atomic E-state index is 13.2. The van der Waals surface area contributed by atoms with Gasteiger partial charge in [-0.2, -0.15) is 13.2 Å². The van der Waals surface area contributed by atoms with Gasteiger partial charge in [-0.1, -0.05) is 41.9 Å². The van der Waals surface area contributed by atoms with Crippen molar-refractivity contribution in [3.8, 4) is 12.3 Å². The van der Waals surface area contributed by atoms with Crippen LogP contribution < -0.4 is 10.6 Å². The third kappa shape index (κ3) is 4.99. The highest BCUT2D eigenvalue weighted by atomic mass is 35.5. The van der Waals surface area contributed by atoms with Crippen LogP contribution in [-0.2, 0) is 11.0 Å². The number of amides is 1. The third-order valence-corrected chi connectivity index (χ3v) is 3.69. The van der Waals surface area contributed by atoms with Crippen LogP contribution in [0.3, 0.4) is 0 Å². The maximum Gasteiger partial charge on any atom is 0.418 e. The zero-order valence-electron chi connectivity index (χ0n) is 13.0. The van der Waals surface area contributed by atoms with Crippen LogP contribution in [0, 0.1) is 12.3 Å². The van der Waals surface area contributed by atoms with E-state index in [0.717, 1.165) is 12.1 Å². The molecule has 3 nitrogen and oxygen atoms in total. The quantitative estimate of drug-likeness (QED) is 0.783. The summed E-state index contributed by atoms with van der Waals surface area (Å²) in [4.78, 5) is 12.6. The molecule has 7 heteroatoms. The summed E-state index contributed by atoms with van der Waals surface area (Å²) >= 11 is 5.65. The minimum absolute atomic E-state index is 0.0659. The highest BCUT2D eigenvalue weighted by Crippen LogP contribution is 2.36. The summed E-state index contributed by atoms with van der Waals surface area (Å²) in [5.74, 6) is 1.79. The second-order valence-corrected chi connectivity index (χ2v) is 5.65. The van der Waals surface area contributed by atoms with E-state index >= 15 is 0 Å². The molecule has 0 aliphatic carbocycles. The van der Waals surface area contributed by atoms with Crippen LogP contribution in [-0.4, -0.2) is 12.5 Å². The van der Waals surface area contributed by atoms with Gasteiger partial charge in [0.05, 0.1) is 11.3 Å². The Labute approximate surface area is 148 Å².